The van der Waals surface area contributed by atoms with Gasteiger partial charge in [-0.1, -0.05) is 19.3 Å². The molecule has 1 fully saturated rings. The summed E-state index contributed by atoms with van der Waals surface area (Å²) in [4.78, 5) is 3.45. The topological polar surface area (TPSA) is 51.0 Å². The Morgan fingerprint density at radius 1 is 1.25 bits per heavy atom. The quantitative estimate of drug-likeness (QED) is 0.896. The lowest BCUT2D eigenvalue weighted by Gasteiger charge is -2.36. The van der Waals surface area contributed by atoms with E-state index in [1.165, 1.54) is 54.1 Å². The molecule has 2 aromatic rings. The summed E-state index contributed by atoms with van der Waals surface area (Å²) in [6.45, 7) is 2.86. The average Bonchev–Trinajstić information content (AvgIpc) is 2.92. The molecule has 0 unspecified atom stereocenters. The zero-order valence-corrected chi connectivity index (χ0v) is 12.5. The normalized spacial score (nSPS) is 18.4. The Bertz CT molecular complexity index is 609. The van der Waals surface area contributed by atoms with Crippen LogP contribution in [0.1, 0.15) is 43.2 Å². The zero-order chi connectivity index (χ0) is 14.2. The average molecular weight is 272 g/mol. The summed E-state index contributed by atoms with van der Waals surface area (Å²) in [7, 11) is 1.73. The van der Waals surface area contributed by atoms with E-state index in [4.69, 9.17) is 10.5 Å². The van der Waals surface area contributed by atoms with Crippen molar-refractivity contribution >= 4 is 10.9 Å². The number of fused-ring (bicyclic) bond motifs is 1. The molecule has 108 valence electrons. The van der Waals surface area contributed by atoms with Gasteiger partial charge in [0.25, 0.3) is 0 Å². The van der Waals surface area contributed by atoms with E-state index in [-0.39, 0.29) is 5.41 Å². The molecule has 0 saturated heterocycles. The minimum Gasteiger partial charge on any atom is -0.497 e. The summed E-state index contributed by atoms with van der Waals surface area (Å²) in [5.41, 5.74) is 10.2. The van der Waals surface area contributed by atoms with Crippen molar-refractivity contribution in [2.45, 2.75) is 44.4 Å². The second-order valence-corrected chi connectivity index (χ2v) is 6.11. The van der Waals surface area contributed by atoms with E-state index in [1.54, 1.807) is 7.11 Å². The van der Waals surface area contributed by atoms with Crippen LogP contribution in [0.3, 0.4) is 0 Å². The van der Waals surface area contributed by atoms with E-state index in [9.17, 15) is 0 Å². The van der Waals surface area contributed by atoms with Crippen LogP contribution in [0.25, 0.3) is 10.9 Å². The maximum absolute atomic E-state index is 6.18. The number of ether oxygens (including phenoxy) is 1. The minimum absolute atomic E-state index is 0.148. The van der Waals surface area contributed by atoms with Gasteiger partial charge in [-0.2, -0.15) is 0 Å². The summed E-state index contributed by atoms with van der Waals surface area (Å²) in [6.07, 6.45) is 8.49. The lowest BCUT2D eigenvalue weighted by atomic mass is 9.69. The van der Waals surface area contributed by atoms with Crippen LogP contribution in [0.2, 0.25) is 0 Å². The van der Waals surface area contributed by atoms with E-state index in [1.807, 2.05) is 0 Å². The summed E-state index contributed by atoms with van der Waals surface area (Å²) in [5, 5.41) is 1.29. The molecule has 1 aromatic heterocycles. The van der Waals surface area contributed by atoms with Gasteiger partial charge in [-0.3, -0.25) is 0 Å². The van der Waals surface area contributed by atoms with Crippen molar-refractivity contribution in [3.8, 4) is 5.75 Å². The van der Waals surface area contributed by atoms with Crippen molar-refractivity contribution in [1.82, 2.24) is 4.98 Å². The largest absolute Gasteiger partial charge is 0.497 e. The molecule has 1 saturated carbocycles. The highest BCUT2D eigenvalue weighted by atomic mass is 16.5. The van der Waals surface area contributed by atoms with E-state index < -0.39 is 0 Å². The lowest BCUT2D eigenvalue weighted by Crippen LogP contribution is -2.36. The Hall–Kier alpha value is -1.48. The predicted molar refractivity (Wildman–Crippen MR) is 83.4 cm³/mol. The standard InChI is InChI=1S/C17H24N2O/c1-12-8-13(20-2)9-14-15(10-19-16(12)14)17(11-18)6-4-3-5-7-17/h8-10,19H,3-7,11,18H2,1-2H3. The van der Waals surface area contributed by atoms with Gasteiger partial charge in [-0.05, 0) is 43.0 Å². The Balaban J connectivity index is 2.17. The molecular weight excluding hydrogens is 248 g/mol. The van der Waals surface area contributed by atoms with Gasteiger partial charge in [0.1, 0.15) is 5.75 Å². The van der Waals surface area contributed by atoms with Crippen LogP contribution < -0.4 is 10.5 Å². The fourth-order valence-corrected chi connectivity index (χ4v) is 3.75. The van der Waals surface area contributed by atoms with Crippen molar-refractivity contribution in [3.63, 3.8) is 0 Å². The van der Waals surface area contributed by atoms with Crippen molar-refractivity contribution in [1.29, 1.82) is 0 Å². The van der Waals surface area contributed by atoms with Crippen LogP contribution in [0, 0.1) is 6.92 Å². The molecule has 3 rings (SSSR count). The van der Waals surface area contributed by atoms with Crippen LogP contribution in [-0.2, 0) is 5.41 Å². The molecule has 1 aliphatic carbocycles. The minimum atomic E-state index is 0.148. The number of nitrogens with two attached hydrogens (primary N) is 1. The SMILES string of the molecule is COc1cc(C)c2[nH]cc(C3(CN)CCCCC3)c2c1. The summed E-state index contributed by atoms with van der Waals surface area (Å²) in [6, 6.07) is 4.23. The smallest absolute Gasteiger partial charge is 0.119 e. The molecule has 20 heavy (non-hydrogen) atoms. The molecule has 0 bridgehead atoms. The van der Waals surface area contributed by atoms with Gasteiger partial charge in [-0.15, -0.1) is 0 Å². The fourth-order valence-electron chi connectivity index (χ4n) is 3.75. The van der Waals surface area contributed by atoms with Crippen molar-refractivity contribution < 1.29 is 4.74 Å². The predicted octanol–water partition coefficient (Wildman–Crippen LogP) is 3.65. The van der Waals surface area contributed by atoms with Crippen molar-refractivity contribution in [3.05, 3.63) is 29.5 Å². The number of hydrogen-bond acceptors (Lipinski definition) is 2. The first-order chi connectivity index (χ1) is 9.70. The summed E-state index contributed by atoms with van der Waals surface area (Å²) in [5.74, 6) is 0.929. The Labute approximate surface area is 120 Å². The molecule has 1 aliphatic rings. The van der Waals surface area contributed by atoms with Gasteiger partial charge in [0.05, 0.1) is 7.11 Å². The molecular formula is C17H24N2O. The maximum Gasteiger partial charge on any atom is 0.119 e. The van der Waals surface area contributed by atoms with Gasteiger partial charge in [0.15, 0.2) is 0 Å². The molecule has 0 radical (unpaired) electrons. The lowest BCUT2D eigenvalue weighted by molar-refractivity contribution is 0.303. The zero-order valence-electron chi connectivity index (χ0n) is 12.5. The number of nitrogens with one attached hydrogen (secondary N) is 1. The van der Waals surface area contributed by atoms with Crippen LogP contribution in [0.5, 0.6) is 5.75 Å². The first kappa shape index (κ1) is 13.5. The number of aromatic amines is 1. The first-order valence-corrected chi connectivity index (χ1v) is 7.56. The highest BCUT2D eigenvalue weighted by Gasteiger charge is 2.34. The third-order valence-electron chi connectivity index (χ3n) is 4.97. The Kier molecular flexibility index (Phi) is 3.47. The number of rotatable bonds is 3. The molecule has 1 heterocycles. The molecule has 3 N–H and O–H groups in total. The van der Waals surface area contributed by atoms with E-state index in [0.29, 0.717) is 0 Å². The number of aryl methyl sites for hydroxylation is 1. The van der Waals surface area contributed by atoms with Crippen LogP contribution >= 0.6 is 0 Å². The monoisotopic (exact) mass is 272 g/mol. The second kappa shape index (κ2) is 5.13. The molecule has 3 heteroatoms. The van der Waals surface area contributed by atoms with E-state index in [2.05, 4.69) is 30.2 Å². The summed E-state index contributed by atoms with van der Waals surface area (Å²) < 4.78 is 5.44. The number of H-pyrrole nitrogens is 1. The first-order valence-electron chi connectivity index (χ1n) is 7.56. The van der Waals surface area contributed by atoms with Gasteiger partial charge in [-0.25, -0.2) is 0 Å². The molecule has 0 aliphatic heterocycles. The van der Waals surface area contributed by atoms with Crippen LogP contribution in [0.4, 0.5) is 0 Å². The van der Waals surface area contributed by atoms with Gasteiger partial charge >= 0.3 is 0 Å². The maximum atomic E-state index is 6.18. The molecule has 3 nitrogen and oxygen atoms in total. The number of aromatic nitrogens is 1. The molecule has 1 aromatic carbocycles. The van der Waals surface area contributed by atoms with Gasteiger partial charge in [0.2, 0.25) is 0 Å². The fraction of sp³-hybridized carbons (Fsp3) is 0.529. The van der Waals surface area contributed by atoms with Gasteiger partial charge in [0, 0.05) is 29.1 Å². The highest BCUT2D eigenvalue weighted by Crippen LogP contribution is 2.42. The Morgan fingerprint density at radius 3 is 2.65 bits per heavy atom. The number of methoxy groups -OCH3 is 1. The number of hydrogen-bond donors (Lipinski definition) is 2. The van der Waals surface area contributed by atoms with Crippen LogP contribution in [-0.4, -0.2) is 18.6 Å². The third-order valence-corrected chi connectivity index (χ3v) is 4.97. The molecule has 0 spiro atoms. The number of benzene rings is 1. The molecule has 0 atom stereocenters. The third kappa shape index (κ3) is 2.01. The van der Waals surface area contributed by atoms with Crippen molar-refractivity contribution in [2.24, 2.45) is 5.73 Å². The van der Waals surface area contributed by atoms with Crippen LogP contribution in [0.15, 0.2) is 18.3 Å². The Morgan fingerprint density at radius 2 is 2.00 bits per heavy atom. The molecule has 0 amide bonds. The summed E-state index contributed by atoms with van der Waals surface area (Å²) >= 11 is 0. The second-order valence-electron chi connectivity index (χ2n) is 6.11. The van der Waals surface area contributed by atoms with Gasteiger partial charge < -0.3 is 15.5 Å². The van der Waals surface area contributed by atoms with E-state index in [0.717, 1.165) is 12.3 Å². The van der Waals surface area contributed by atoms with E-state index >= 15 is 0 Å². The highest BCUT2D eigenvalue weighted by molar-refractivity contribution is 5.88. The van der Waals surface area contributed by atoms with Crippen molar-refractivity contribution in [2.75, 3.05) is 13.7 Å².